The number of sulfonamides is 1. The molecule has 0 spiro atoms. The summed E-state index contributed by atoms with van der Waals surface area (Å²) >= 11 is 0. The van der Waals surface area contributed by atoms with Crippen molar-refractivity contribution in [3.63, 3.8) is 0 Å². The van der Waals surface area contributed by atoms with Gasteiger partial charge in [-0.3, -0.25) is 0 Å². The summed E-state index contributed by atoms with van der Waals surface area (Å²) in [6.07, 6.45) is 2.94. The van der Waals surface area contributed by atoms with Gasteiger partial charge in [0.2, 0.25) is 10.0 Å². The van der Waals surface area contributed by atoms with Crippen LogP contribution in [0.2, 0.25) is 0 Å². The first kappa shape index (κ1) is 10.9. The van der Waals surface area contributed by atoms with Crippen LogP contribution in [0.5, 0.6) is 0 Å². The molecule has 2 unspecified atom stereocenters. The third kappa shape index (κ3) is 3.25. The van der Waals surface area contributed by atoms with Gasteiger partial charge < -0.3 is 5.11 Å². The smallest absolute Gasteiger partial charge is 0.211 e. The Morgan fingerprint density at radius 2 is 2.00 bits per heavy atom. The molecule has 0 aromatic heterocycles. The van der Waals surface area contributed by atoms with Gasteiger partial charge in [-0.25, -0.2) is 13.1 Å². The molecule has 0 heterocycles. The molecule has 0 aromatic carbocycles. The zero-order valence-corrected chi connectivity index (χ0v) is 8.68. The van der Waals surface area contributed by atoms with Crippen LogP contribution < -0.4 is 4.72 Å². The maximum Gasteiger partial charge on any atom is 0.211 e. The van der Waals surface area contributed by atoms with E-state index in [0.29, 0.717) is 6.42 Å². The largest absolute Gasteiger partial charge is 0.391 e. The average Bonchev–Trinajstić information content (AvgIpc) is 2.09. The minimum Gasteiger partial charge on any atom is -0.391 e. The van der Waals surface area contributed by atoms with Gasteiger partial charge in [0.25, 0.3) is 0 Å². The van der Waals surface area contributed by atoms with Crippen LogP contribution in [-0.4, -0.2) is 31.4 Å². The van der Waals surface area contributed by atoms with E-state index in [0.717, 1.165) is 19.3 Å². The molecule has 1 saturated carbocycles. The van der Waals surface area contributed by atoms with E-state index in [-0.39, 0.29) is 11.8 Å². The lowest BCUT2D eigenvalue weighted by Gasteiger charge is -2.27. The molecule has 0 amide bonds. The molecule has 78 valence electrons. The van der Waals surface area contributed by atoms with Gasteiger partial charge in [0.1, 0.15) is 0 Å². The van der Waals surface area contributed by atoms with Crippen LogP contribution in [0.1, 0.15) is 32.6 Å². The van der Waals surface area contributed by atoms with Crippen LogP contribution in [0.3, 0.4) is 0 Å². The molecule has 0 aromatic rings. The lowest BCUT2D eigenvalue weighted by Crippen LogP contribution is -2.45. The van der Waals surface area contributed by atoms with Crippen molar-refractivity contribution < 1.29 is 13.5 Å². The molecule has 2 N–H and O–H groups in total. The first-order chi connectivity index (χ1) is 6.05. The number of hydrogen-bond donors (Lipinski definition) is 2. The van der Waals surface area contributed by atoms with Crippen LogP contribution in [0.25, 0.3) is 0 Å². The van der Waals surface area contributed by atoms with E-state index in [4.69, 9.17) is 0 Å². The Morgan fingerprint density at radius 1 is 1.38 bits per heavy atom. The quantitative estimate of drug-likeness (QED) is 0.696. The Kier molecular flexibility index (Phi) is 3.70. The van der Waals surface area contributed by atoms with E-state index in [1.54, 1.807) is 6.92 Å². The van der Waals surface area contributed by atoms with Crippen molar-refractivity contribution in [3.05, 3.63) is 0 Å². The average molecular weight is 207 g/mol. The van der Waals surface area contributed by atoms with Crippen LogP contribution in [0.15, 0.2) is 0 Å². The van der Waals surface area contributed by atoms with Crippen molar-refractivity contribution in [3.8, 4) is 0 Å². The minimum absolute atomic E-state index is 0.0796. The standard InChI is InChI=1S/C8H17NO3S/c1-2-13(11,12)9-7-5-3-4-6-8(7)10/h7-10H,2-6H2,1H3. The molecular weight excluding hydrogens is 190 g/mol. The third-order valence-corrected chi connectivity index (χ3v) is 3.86. The Labute approximate surface area is 79.4 Å². The van der Waals surface area contributed by atoms with Crippen molar-refractivity contribution in [1.29, 1.82) is 0 Å². The van der Waals surface area contributed by atoms with E-state index in [1.807, 2.05) is 0 Å². The van der Waals surface area contributed by atoms with E-state index in [2.05, 4.69) is 4.72 Å². The predicted molar refractivity (Wildman–Crippen MR) is 50.9 cm³/mol. The second-order valence-electron chi connectivity index (χ2n) is 3.48. The number of nitrogens with one attached hydrogen (secondary N) is 1. The summed E-state index contributed by atoms with van der Waals surface area (Å²) in [6, 6.07) is -0.265. The highest BCUT2D eigenvalue weighted by Gasteiger charge is 2.26. The summed E-state index contributed by atoms with van der Waals surface area (Å²) in [5.41, 5.74) is 0. The molecule has 0 saturated heterocycles. The first-order valence-corrected chi connectivity index (χ1v) is 6.38. The molecule has 2 atom stereocenters. The van der Waals surface area contributed by atoms with E-state index in [1.165, 1.54) is 0 Å². The summed E-state index contributed by atoms with van der Waals surface area (Å²) in [5.74, 6) is 0.0796. The van der Waals surface area contributed by atoms with Gasteiger partial charge in [0.15, 0.2) is 0 Å². The van der Waals surface area contributed by atoms with Gasteiger partial charge in [0, 0.05) is 6.04 Å². The zero-order chi connectivity index (χ0) is 9.90. The van der Waals surface area contributed by atoms with E-state index >= 15 is 0 Å². The van der Waals surface area contributed by atoms with Crippen molar-refractivity contribution in [2.24, 2.45) is 0 Å². The Bertz CT molecular complexity index is 250. The fourth-order valence-electron chi connectivity index (χ4n) is 1.56. The highest BCUT2D eigenvalue weighted by atomic mass is 32.2. The van der Waals surface area contributed by atoms with Crippen molar-refractivity contribution in [2.45, 2.75) is 44.8 Å². The van der Waals surface area contributed by atoms with Crippen LogP contribution in [-0.2, 0) is 10.0 Å². The van der Waals surface area contributed by atoms with Crippen molar-refractivity contribution in [1.82, 2.24) is 4.72 Å². The molecule has 1 aliphatic carbocycles. The second kappa shape index (κ2) is 4.39. The molecule has 1 rings (SSSR count). The molecule has 13 heavy (non-hydrogen) atoms. The van der Waals surface area contributed by atoms with Gasteiger partial charge >= 0.3 is 0 Å². The lowest BCUT2D eigenvalue weighted by molar-refractivity contribution is 0.101. The Morgan fingerprint density at radius 3 is 2.54 bits per heavy atom. The van der Waals surface area contributed by atoms with Gasteiger partial charge in [-0.15, -0.1) is 0 Å². The van der Waals surface area contributed by atoms with E-state index < -0.39 is 16.1 Å². The Hall–Kier alpha value is -0.130. The highest BCUT2D eigenvalue weighted by Crippen LogP contribution is 2.18. The fraction of sp³-hybridized carbons (Fsp3) is 1.00. The molecule has 1 fully saturated rings. The summed E-state index contributed by atoms with van der Waals surface area (Å²) in [4.78, 5) is 0. The molecule has 1 aliphatic rings. The van der Waals surface area contributed by atoms with E-state index in [9.17, 15) is 13.5 Å². The maximum absolute atomic E-state index is 11.2. The Balaban J connectivity index is 2.52. The second-order valence-corrected chi connectivity index (χ2v) is 5.52. The molecule has 5 heteroatoms. The molecule has 0 radical (unpaired) electrons. The summed E-state index contributed by atoms with van der Waals surface area (Å²) in [7, 11) is -3.16. The van der Waals surface area contributed by atoms with Gasteiger partial charge in [-0.05, 0) is 19.8 Å². The molecule has 0 bridgehead atoms. The predicted octanol–water partition coefficient (Wildman–Crippen LogP) is 0.229. The van der Waals surface area contributed by atoms with Crippen LogP contribution in [0.4, 0.5) is 0 Å². The topological polar surface area (TPSA) is 66.4 Å². The summed E-state index contributed by atoms with van der Waals surface area (Å²) in [6.45, 7) is 1.59. The summed E-state index contributed by atoms with van der Waals surface area (Å²) < 4.78 is 24.9. The third-order valence-electron chi connectivity index (χ3n) is 2.44. The number of aliphatic hydroxyl groups is 1. The van der Waals surface area contributed by atoms with Gasteiger partial charge in [-0.1, -0.05) is 12.8 Å². The lowest BCUT2D eigenvalue weighted by atomic mass is 9.93. The maximum atomic E-state index is 11.2. The van der Waals surface area contributed by atoms with Gasteiger partial charge in [-0.2, -0.15) is 0 Å². The first-order valence-electron chi connectivity index (χ1n) is 4.73. The highest BCUT2D eigenvalue weighted by molar-refractivity contribution is 7.89. The van der Waals surface area contributed by atoms with Crippen LogP contribution >= 0.6 is 0 Å². The SMILES string of the molecule is CCS(=O)(=O)NC1CCCCC1O. The summed E-state index contributed by atoms with van der Waals surface area (Å²) in [5, 5.41) is 9.50. The molecule has 4 nitrogen and oxygen atoms in total. The fourth-order valence-corrected chi connectivity index (χ4v) is 2.47. The zero-order valence-electron chi connectivity index (χ0n) is 7.86. The molecule has 0 aliphatic heterocycles. The van der Waals surface area contributed by atoms with Crippen molar-refractivity contribution in [2.75, 3.05) is 5.75 Å². The number of aliphatic hydroxyl groups excluding tert-OH is 1. The van der Waals surface area contributed by atoms with Crippen molar-refractivity contribution >= 4 is 10.0 Å². The molecular formula is C8H17NO3S. The number of hydrogen-bond acceptors (Lipinski definition) is 3. The minimum atomic E-state index is -3.16. The van der Waals surface area contributed by atoms with Crippen LogP contribution in [0, 0.1) is 0 Å². The normalized spacial score (nSPS) is 30.3. The monoisotopic (exact) mass is 207 g/mol. The number of rotatable bonds is 3. The van der Waals surface area contributed by atoms with Gasteiger partial charge in [0.05, 0.1) is 11.9 Å².